The van der Waals surface area contributed by atoms with E-state index >= 15 is 0 Å². The van der Waals surface area contributed by atoms with Crippen LogP contribution in [0.1, 0.15) is 42.1 Å². The van der Waals surface area contributed by atoms with Gasteiger partial charge in [0.25, 0.3) is 0 Å². The lowest BCUT2D eigenvalue weighted by Crippen LogP contribution is -2.26. The van der Waals surface area contributed by atoms with Crippen molar-refractivity contribution in [3.63, 3.8) is 0 Å². The van der Waals surface area contributed by atoms with Gasteiger partial charge in [-0.15, -0.1) is 0 Å². The van der Waals surface area contributed by atoms with Gasteiger partial charge in [0, 0.05) is 25.6 Å². The second kappa shape index (κ2) is 8.42. The van der Waals surface area contributed by atoms with Gasteiger partial charge in [-0.05, 0) is 43.0 Å². The van der Waals surface area contributed by atoms with Crippen molar-refractivity contribution in [2.45, 2.75) is 32.7 Å². The maximum absolute atomic E-state index is 12.1. The van der Waals surface area contributed by atoms with Crippen molar-refractivity contribution in [2.75, 3.05) is 13.6 Å². The van der Waals surface area contributed by atoms with E-state index in [0.29, 0.717) is 31.0 Å². The highest BCUT2D eigenvalue weighted by molar-refractivity contribution is 5.92. The number of benzene rings is 1. The summed E-state index contributed by atoms with van der Waals surface area (Å²) < 4.78 is 0. The van der Waals surface area contributed by atoms with E-state index in [-0.39, 0.29) is 5.91 Å². The molecule has 0 spiro atoms. The summed E-state index contributed by atoms with van der Waals surface area (Å²) in [6, 6.07) is 7.00. The smallest absolute Gasteiger partial charge is 0.248 e. The SMILES string of the molecule is CC(CCN)CCC(=O)N(C)Cc1ccc(C(N)=O)cc1. The summed E-state index contributed by atoms with van der Waals surface area (Å²) in [6.45, 7) is 3.31. The second-order valence-electron chi connectivity index (χ2n) is 5.53. The molecule has 0 aromatic heterocycles. The molecule has 2 amide bonds. The molecule has 0 fully saturated rings. The van der Waals surface area contributed by atoms with E-state index in [1.165, 1.54) is 0 Å². The van der Waals surface area contributed by atoms with E-state index in [4.69, 9.17) is 11.5 Å². The Morgan fingerprint density at radius 1 is 1.19 bits per heavy atom. The van der Waals surface area contributed by atoms with Gasteiger partial charge in [0.1, 0.15) is 0 Å². The van der Waals surface area contributed by atoms with Crippen molar-refractivity contribution in [3.8, 4) is 0 Å². The highest BCUT2D eigenvalue weighted by Crippen LogP contribution is 2.12. The Kier molecular flexibility index (Phi) is 6.88. The topological polar surface area (TPSA) is 89.4 Å². The summed E-state index contributed by atoms with van der Waals surface area (Å²) in [4.78, 5) is 24.7. The highest BCUT2D eigenvalue weighted by atomic mass is 16.2. The van der Waals surface area contributed by atoms with Crippen LogP contribution in [0, 0.1) is 5.92 Å². The van der Waals surface area contributed by atoms with Gasteiger partial charge in [0.2, 0.25) is 11.8 Å². The fourth-order valence-electron chi connectivity index (χ4n) is 2.13. The van der Waals surface area contributed by atoms with Crippen LogP contribution in [0.4, 0.5) is 0 Å². The van der Waals surface area contributed by atoms with Gasteiger partial charge < -0.3 is 16.4 Å². The van der Waals surface area contributed by atoms with Crippen molar-refractivity contribution in [2.24, 2.45) is 17.4 Å². The molecule has 5 heteroatoms. The zero-order chi connectivity index (χ0) is 15.8. The Morgan fingerprint density at radius 3 is 2.33 bits per heavy atom. The summed E-state index contributed by atoms with van der Waals surface area (Å²) in [5.41, 5.74) is 12.1. The quantitative estimate of drug-likeness (QED) is 0.760. The number of amides is 2. The molecular formula is C16H25N3O2. The van der Waals surface area contributed by atoms with E-state index in [0.717, 1.165) is 18.4 Å². The first-order valence-electron chi connectivity index (χ1n) is 7.26. The molecule has 0 radical (unpaired) electrons. The molecule has 0 heterocycles. The van der Waals surface area contributed by atoms with Gasteiger partial charge in [0.05, 0.1) is 0 Å². The average Bonchev–Trinajstić information content (AvgIpc) is 2.45. The Morgan fingerprint density at radius 2 is 1.81 bits per heavy atom. The van der Waals surface area contributed by atoms with Crippen LogP contribution in [-0.4, -0.2) is 30.3 Å². The molecule has 0 aliphatic heterocycles. The third kappa shape index (κ3) is 5.95. The fourth-order valence-corrected chi connectivity index (χ4v) is 2.13. The van der Waals surface area contributed by atoms with Crippen LogP contribution < -0.4 is 11.5 Å². The minimum atomic E-state index is -0.445. The van der Waals surface area contributed by atoms with Gasteiger partial charge in [-0.3, -0.25) is 9.59 Å². The summed E-state index contributed by atoms with van der Waals surface area (Å²) >= 11 is 0. The second-order valence-corrected chi connectivity index (χ2v) is 5.53. The molecule has 5 nitrogen and oxygen atoms in total. The molecule has 1 unspecified atom stereocenters. The number of carbonyl (C=O) groups is 2. The molecule has 0 aliphatic carbocycles. The standard InChI is InChI=1S/C16H25N3O2/c1-12(9-10-17)3-8-15(20)19(2)11-13-4-6-14(7-5-13)16(18)21/h4-7,12H,3,8-11,17H2,1-2H3,(H2,18,21). The zero-order valence-electron chi connectivity index (χ0n) is 12.8. The number of hydrogen-bond acceptors (Lipinski definition) is 3. The lowest BCUT2D eigenvalue weighted by Gasteiger charge is -2.18. The van der Waals surface area contributed by atoms with Crippen LogP contribution in [-0.2, 0) is 11.3 Å². The number of nitrogens with two attached hydrogens (primary N) is 2. The molecule has 1 rings (SSSR count). The minimum absolute atomic E-state index is 0.123. The Labute approximate surface area is 126 Å². The zero-order valence-corrected chi connectivity index (χ0v) is 12.8. The normalized spacial score (nSPS) is 12.0. The molecule has 0 aliphatic rings. The average molecular weight is 291 g/mol. The number of nitrogens with zero attached hydrogens (tertiary/aromatic N) is 1. The van der Waals surface area contributed by atoms with E-state index in [9.17, 15) is 9.59 Å². The van der Waals surface area contributed by atoms with E-state index in [1.54, 1.807) is 24.1 Å². The van der Waals surface area contributed by atoms with Crippen LogP contribution in [0.3, 0.4) is 0 Å². The van der Waals surface area contributed by atoms with Crippen molar-refractivity contribution >= 4 is 11.8 Å². The molecule has 116 valence electrons. The van der Waals surface area contributed by atoms with Crippen LogP contribution >= 0.6 is 0 Å². The van der Waals surface area contributed by atoms with E-state index < -0.39 is 5.91 Å². The lowest BCUT2D eigenvalue weighted by molar-refractivity contribution is -0.130. The van der Waals surface area contributed by atoms with Crippen LogP contribution in [0.25, 0.3) is 0 Å². The first-order valence-corrected chi connectivity index (χ1v) is 7.26. The van der Waals surface area contributed by atoms with Crippen molar-refractivity contribution < 1.29 is 9.59 Å². The Balaban J connectivity index is 2.46. The molecule has 1 atom stereocenters. The van der Waals surface area contributed by atoms with Crippen molar-refractivity contribution in [3.05, 3.63) is 35.4 Å². The largest absolute Gasteiger partial charge is 0.366 e. The summed E-state index contributed by atoms with van der Waals surface area (Å²) in [6.07, 6.45) is 2.35. The molecule has 1 aromatic carbocycles. The van der Waals surface area contributed by atoms with Gasteiger partial charge >= 0.3 is 0 Å². The van der Waals surface area contributed by atoms with Crippen LogP contribution in [0.15, 0.2) is 24.3 Å². The molecule has 21 heavy (non-hydrogen) atoms. The fraction of sp³-hybridized carbons (Fsp3) is 0.500. The third-order valence-electron chi connectivity index (χ3n) is 3.59. The Bertz CT molecular complexity index is 471. The lowest BCUT2D eigenvalue weighted by atomic mass is 10.0. The third-order valence-corrected chi connectivity index (χ3v) is 3.59. The molecule has 0 saturated carbocycles. The van der Waals surface area contributed by atoms with Gasteiger partial charge in [-0.2, -0.15) is 0 Å². The number of carbonyl (C=O) groups excluding carboxylic acids is 2. The minimum Gasteiger partial charge on any atom is -0.366 e. The summed E-state index contributed by atoms with van der Waals surface area (Å²) in [7, 11) is 1.79. The van der Waals surface area contributed by atoms with Crippen molar-refractivity contribution in [1.29, 1.82) is 0 Å². The molecular weight excluding hydrogens is 266 g/mol. The van der Waals surface area contributed by atoms with Crippen LogP contribution in [0.5, 0.6) is 0 Å². The predicted molar refractivity (Wildman–Crippen MR) is 83.5 cm³/mol. The number of rotatable bonds is 8. The summed E-state index contributed by atoms with van der Waals surface area (Å²) in [5.74, 6) is 0.153. The van der Waals surface area contributed by atoms with Crippen LogP contribution in [0.2, 0.25) is 0 Å². The first-order chi connectivity index (χ1) is 9.93. The maximum atomic E-state index is 12.1. The van der Waals surface area contributed by atoms with Crippen molar-refractivity contribution in [1.82, 2.24) is 4.90 Å². The first kappa shape index (κ1) is 17.2. The monoisotopic (exact) mass is 291 g/mol. The van der Waals surface area contributed by atoms with Gasteiger partial charge in [0.15, 0.2) is 0 Å². The van der Waals surface area contributed by atoms with E-state index in [2.05, 4.69) is 6.92 Å². The summed E-state index contributed by atoms with van der Waals surface area (Å²) in [5, 5.41) is 0. The molecule has 0 bridgehead atoms. The maximum Gasteiger partial charge on any atom is 0.248 e. The Hall–Kier alpha value is -1.88. The number of hydrogen-bond donors (Lipinski definition) is 2. The molecule has 4 N–H and O–H groups in total. The molecule has 1 aromatic rings. The predicted octanol–water partition coefficient (Wildman–Crippen LogP) is 1.51. The highest BCUT2D eigenvalue weighted by Gasteiger charge is 2.11. The number of primary amides is 1. The molecule has 0 saturated heterocycles. The van der Waals surface area contributed by atoms with Gasteiger partial charge in [-0.1, -0.05) is 19.1 Å². The van der Waals surface area contributed by atoms with Gasteiger partial charge in [-0.25, -0.2) is 0 Å². The van der Waals surface area contributed by atoms with E-state index in [1.807, 2.05) is 12.1 Å².